The summed E-state index contributed by atoms with van der Waals surface area (Å²) in [4.78, 5) is 25.7. The number of nitrogens with two attached hydrogens (primary N) is 1. The zero-order valence-electron chi connectivity index (χ0n) is 20.4. The molecule has 1 amide bonds. The highest BCUT2D eigenvalue weighted by atomic mass is 19.4. The number of nitrogen functional groups attached to an aromatic ring is 1. The van der Waals surface area contributed by atoms with Crippen molar-refractivity contribution < 1.29 is 27.4 Å². The number of nitrogens with one attached hydrogen (secondary N) is 2. The van der Waals surface area contributed by atoms with Gasteiger partial charge < -0.3 is 25.8 Å². The number of halogens is 3. The Morgan fingerprint density at radius 3 is 2.76 bits per heavy atom. The second-order valence-electron chi connectivity index (χ2n) is 8.78. The molecular formula is C25H24F3N7O3. The monoisotopic (exact) mass is 527 g/mol. The van der Waals surface area contributed by atoms with Gasteiger partial charge in [0.2, 0.25) is 0 Å². The van der Waals surface area contributed by atoms with Crippen LogP contribution in [0.3, 0.4) is 0 Å². The van der Waals surface area contributed by atoms with Crippen LogP contribution in [0.5, 0.6) is 5.75 Å². The summed E-state index contributed by atoms with van der Waals surface area (Å²) in [5, 5.41) is 5.76. The second-order valence-corrected chi connectivity index (χ2v) is 8.78. The number of carbonyl (C=O) groups is 1. The van der Waals surface area contributed by atoms with Crippen molar-refractivity contribution in [2.24, 2.45) is 0 Å². The lowest BCUT2D eigenvalue weighted by atomic mass is 10.1. The largest absolute Gasteiger partial charge is 0.496 e. The van der Waals surface area contributed by atoms with Crippen LogP contribution in [-0.4, -0.2) is 51.6 Å². The van der Waals surface area contributed by atoms with E-state index in [1.165, 1.54) is 19.2 Å². The van der Waals surface area contributed by atoms with Gasteiger partial charge >= 0.3 is 6.18 Å². The van der Waals surface area contributed by atoms with Crippen molar-refractivity contribution in [2.75, 3.05) is 31.3 Å². The summed E-state index contributed by atoms with van der Waals surface area (Å²) >= 11 is 0. The van der Waals surface area contributed by atoms with E-state index in [1.54, 1.807) is 18.5 Å². The zero-order valence-corrected chi connectivity index (χ0v) is 20.4. The number of alkyl halides is 3. The second kappa shape index (κ2) is 9.91. The molecule has 1 aliphatic rings. The molecule has 1 fully saturated rings. The highest BCUT2D eigenvalue weighted by Gasteiger charge is 2.31. The molecule has 10 nitrogen and oxygen atoms in total. The number of benzene rings is 1. The number of methoxy groups -OCH3 is 1. The molecule has 1 aromatic carbocycles. The topological polar surface area (TPSA) is 129 Å². The fourth-order valence-electron chi connectivity index (χ4n) is 4.25. The molecule has 0 saturated carbocycles. The van der Waals surface area contributed by atoms with E-state index in [9.17, 15) is 18.0 Å². The summed E-state index contributed by atoms with van der Waals surface area (Å²) in [6.45, 7) is 3.10. The van der Waals surface area contributed by atoms with Crippen molar-refractivity contribution >= 4 is 23.1 Å². The van der Waals surface area contributed by atoms with E-state index in [0.29, 0.717) is 41.5 Å². The lowest BCUT2D eigenvalue weighted by Crippen LogP contribution is -2.41. The number of hydrogen-bond acceptors (Lipinski definition) is 8. The zero-order chi connectivity index (χ0) is 27.0. The summed E-state index contributed by atoms with van der Waals surface area (Å²) in [5.41, 5.74) is 7.04. The SMILES string of the molecule is COc1cc(C(=O)Nc2cc(C(F)(F)F)ccn2)ccc1-c1nc([C@H]2CN[C@@H](C)CO2)n2ccnc(N)c12. The standard InChI is InChI=1S/C25H24F3N7O3/c1-13-12-38-18(11-32-13)23-34-20(21-22(29)31-7-8-35(21)23)16-4-3-14(9-17(16)37-2)24(36)33-19-10-15(5-6-30-19)25(26,27)28/h3-10,13,18,32H,11-12H2,1-2H3,(H2,29,31)(H,30,33,36)/t13-,18+/m0/s1. The number of imidazole rings is 1. The van der Waals surface area contributed by atoms with Crippen LogP contribution in [0.2, 0.25) is 0 Å². The van der Waals surface area contributed by atoms with E-state index in [1.807, 2.05) is 11.3 Å². The Kier molecular flexibility index (Phi) is 6.63. The van der Waals surface area contributed by atoms with Gasteiger partial charge in [-0.3, -0.25) is 9.20 Å². The smallest absolute Gasteiger partial charge is 0.416 e. The minimum Gasteiger partial charge on any atom is -0.496 e. The Morgan fingerprint density at radius 1 is 1.24 bits per heavy atom. The first-order chi connectivity index (χ1) is 18.2. The first-order valence-corrected chi connectivity index (χ1v) is 11.7. The maximum atomic E-state index is 13.0. The number of nitrogens with zero attached hydrogens (tertiary/aromatic N) is 4. The molecule has 5 rings (SSSR count). The maximum Gasteiger partial charge on any atom is 0.416 e. The molecule has 0 bridgehead atoms. The van der Waals surface area contributed by atoms with Crippen LogP contribution in [0.1, 0.15) is 34.8 Å². The molecule has 38 heavy (non-hydrogen) atoms. The van der Waals surface area contributed by atoms with E-state index in [-0.39, 0.29) is 29.3 Å². The molecule has 4 aromatic rings. The molecule has 198 valence electrons. The van der Waals surface area contributed by atoms with Crippen LogP contribution in [-0.2, 0) is 10.9 Å². The van der Waals surface area contributed by atoms with Crippen molar-refractivity contribution in [3.05, 3.63) is 65.9 Å². The quantitative estimate of drug-likeness (QED) is 0.358. The minimum atomic E-state index is -4.56. The van der Waals surface area contributed by atoms with Gasteiger partial charge in [-0.2, -0.15) is 13.2 Å². The molecular weight excluding hydrogens is 503 g/mol. The molecule has 4 heterocycles. The van der Waals surface area contributed by atoms with Crippen molar-refractivity contribution in [3.8, 4) is 17.0 Å². The number of pyridine rings is 1. The summed E-state index contributed by atoms with van der Waals surface area (Å²) < 4.78 is 52.4. The number of ether oxygens (including phenoxy) is 2. The molecule has 13 heteroatoms. The van der Waals surface area contributed by atoms with Gasteiger partial charge in [0.15, 0.2) is 0 Å². The van der Waals surface area contributed by atoms with Gasteiger partial charge in [-0.05, 0) is 37.3 Å². The van der Waals surface area contributed by atoms with Gasteiger partial charge in [-0.25, -0.2) is 15.0 Å². The number of aromatic nitrogens is 4. The first-order valence-electron chi connectivity index (χ1n) is 11.7. The lowest BCUT2D eigenvalue weighted by Gasteiger charge is -2.27. The minimum absolute atomic E-state index is 0.147. The van der Waals surface area contributed by atoms with Crippen molar-refractivity contribution in [3.63, 3.8) is 0 Å². The van der Waals surface area contributed by atoms with Gasteiger partial charge in [0.05, 0.1) is 19.3 Å². The third kappa shape index (κ3) is 4.85. The predicted molar refractivity (Wildman–Crippen MR) is 133 cm³/mol. The number of carbonyl (C=O) groups excluding carboxylic acids is 1. The van der Waals surface area contributed by atoms with Crippen LogP contribution in [0.25, 0.3) is 16.8 Å². The molecule has 0 aliphatic carbocycles. The van der Waals surface area contributed by atoms with Crippen LogP contribution in [0.15, 0.2) is 48.9 Å². The number of rotatable bonds is 5. The Labute approximate surface area is 215 Å². The van der Waals surface area contributed by atoms with E-state index in [0.717, 1.165) is 18.3 Å². The van der Waals surface area contributed by atoms with Gasteiger partial charge in [0.1, 0.15) is 40.5 Å². The van der Waals surface area contributed by atoms with Crippen molar-refractivity contribution in [1.82, 2.24) is 24.7 Å². The maximum absolute atomic E-state index is 13.0. The Balaban J connectivity index is 1.50. The van der Waals surface area contributed by atoms with Crippen molar-refractivity contribution in [1.29, 1.82) is 0 Å². The van der Waals surface area contributed by atoms with Crippen LogP contribution < -0.4 is 21.1 Å². The summed E-state index contributed by atoms with van der Waals surface area (Å²) in [5.74, 6) is 0.294. The average molecular weight is 528 g/mol. The number of hydrogen-bond donors (Lipinski definition) is 3. The molecule has 0 radical (unpaired) electrons. The van der Waals surface area contributed by atoms with E-state index in [2.05, 4.69) is 20.6 Å². The highest BCUT2D eigenvalue weighted by molar-refractivity contribution is 6.04. The first kappa shape index (κ1) is 25.4. The molecule has 0 unspecified atom stereocenters. The van der Waals surface area contributed by atoms with Gasteiger partial charge in [-0.1, -0.05) is 0 Å². The highest BCUT2D eigenvalue weighted by Crippen LogP contribution is 2.37. The van der Waals surface area contributed by atoms with Crippen LogP contribution >= 0.6 is 0 Å². The van der Waals surface area contributed by atoms with Crippen LogP contribution in [0, 0.1) is 0 Å². The summed E-state index contributed by atoms with van der Waals surface area (Å²) in [6, 6.07) is 6.42. The molecule has 1 aliphatic heterocycles. The van der Waals surface area contributed by atoms with E-state index in [4.69, 9.17) is 20.2 Å². The Morgan fingerprint density at radius 2 is 2.05 bits per heavy atom. The third-order valence-electron chi connectivity index (χ3n) is 6.15. The fourth-order valence-corrected chi connectivity index (χ4v) is 4.25. The lowest BCUT2D eigenvalue weighted by molar-refractivity contribution is -0.137. The molecule has 2 atom stereocenters. The number of amides is 1. The normalized spacial score (nSPS) is 17.9. The molecule has 0 spiro atoms. The van der Waals surface area contributed by atoms with Gasteiger partial charge in [0, 0.05) is 42.3 Å². The Bertz CT molecular complexity index is 1500. The van der Waals surface area contributed by atoms with E-state index < -0.39 is 17.6 Å². The molecule has 4 N–H and O–H groups in total. The fraction of sp³-hybridized carbons (Fsp3) is 0.280. The number of morpholine rings is 1. The predicted octanol–water partition coefficient (Wildman–Crippen LogP) is 3.70. The van der Waals surface area contributed by atoms with Crippen LogP contribution in [0.4, 0.5) is 24.8 Å². The molecule has 1 saturated heterocycles. The number of anilines is 2. The van der Waals surface area contributed by atoms with Gasteiger partial charge in [-0.15, -0.1) is 0 Å². The van der Waals surface area contributed by atoms with Gasteiger partial charge in [0.25, 0.3) is 5.91 Å². The molecule has 3 aromatic heterocycles. The number of fused-ring (bicyclic) bond motifs is 1. The van der Waals surface area contributed by atoms with Crippen molar-refractivity contribution in [2.45, 2.75) is 25.2 Å². The summed E-state index contributed by atoms with van der Waals surface area (Å²) in [6.07, 6.45) is -0.593. The Hall–Kier alpha value is -4.23. The van der Waals surface area contributed by atoms with E-state index >= 15 is 0 Å². The summed E-state index contributed by atoms with van der Waals surface area (Å²) in [7, 11) is 1.44. The average Bonchev–Trinajstić information content (AvgIpc) is 3.29. The third-order valence-corrected chi connectivity index (χ3v) is 6.15.